The molecule has 0 aliphatic rings. The van der Waals surface area contributed by atoms with Crippen LogP contribution in [-0.2, 0) is 4.79 Å². The Morgan fingerprint density at radius 2 is 2.08 bits per heavy atom. The van der Waals surface area contributed by atoms with E-state index < -0.39 is 5.91 Å². The van der Waals surface area contributed by atoms with Crippen molar-refractivity contribution in [2.24, 2.45) is 5.73 Å². The lowest BCUT2D eigenvalue weighted by Gasteiger charge is -2.11. The van der Waals surface area contributed by atoms with Crippen molar-refractivity contribution in [2.75, 3.05) is 13.7 Å². The molecule has 25 heavy (non-hydrogen) atoms. The van der Waals surface area contributed by atoms with Gasteiger partial charge in [-0.1, -0.05) is 0 Å². The van der Waals surface area contributed by atoms with E-state index in [1.54, 1.807) is 18.2 Å². The Hall–Kier alpha value is -2.87. The minimum Gasteiger partial charge on any atom is -0.493 e. The maximum absolute atomic E-state index is 12.4. The van der Waals surface area contributed by atoms with Gasteiger partial charge in [0.2, 0.25) is 0 Å². The zero-order valence-corrected chi connectivity index (χ0v) is 14.8. The summed E-state index contributed by atoms with van der Waals surface area (Å²) in [5, 5.41) is 0.625. The lowest BCUT2D eigenvalue weighted by molar-refractivity contribution is -0.119. The number of H-pyrrole nitrogens is 1. The highest BCUT2D eigenvalue weighted by Crippen LogP contribution is 2.32. The smallest absolute Gasteiger partial charge is 0.260 e. The van der Waals surface area contributed by atoms with Crippen LogP contribution in [0.3, 0.4) is 0 Å². The van der Waals surface area contributed by atoms with Crippen LogP contribution in [0, 0.1) is 13.8 Å². The lowest BCUT2D eigenvalue weighted by atomic mass is 10.1. The number of thiophene rings is 1. The topological polar surface area (TPSA) is 107 Å². The average Bonchev–Trinajstić information content (AvgIpc) is 2.87. The Kier molecular flexibility index (Phi) is 4.45. The van der Waals surface area contributed by atoms with E-state index in [4.69, 9.17) is 15.2 Å². The number of aromatic amines is 1. The number of methoxy groups -OCH3 is 1. The van der Waals surface area contributed by atoms with E-state index in [-0.39, 0.29) is 12.2 Å². The van der Waals surface area contributed by atoms with Crippen LogP contribution >= 0.6 is 11.3 Å². The third-order valence-electron chi connectivity index (χ3n) is 3.85. The zero-order valence-electron chi connectivity index (χ0n) is 14.0. The Morgan fingerprint density at radius 1 is 1.32 bits per heavy atom. The number of hydrogen-bond acceptors (Lipinski definition) is 6. The number of benzene rings is 1. The highest BCUT2D eigenvalue weighted by molar-refractivity contribution is 7.18. The minimum absolute atomic E-state index is 0.171. The van der Waals surface area contributed by atoms with Crippen LogP contribution in [0.25, 0.3) is 21.6 Å². The molecule has 1 amide bonds. The van der Waals surface area contributed by atoms with Crippen molar-refractivity contribution in [2.45, 2.75) is 13.8 Å². The number of aromatic nitrogens is 2. The first-order chi connectivity index (χ1) is 11.9. The van der Waals surface area contributed by atoms with Crippen molar-refractivity contribution in [1.29, 1.82) is 0 Å². The number of carbonyl (C=O) groups is 1. The highest BCUT2D eigenvalue weighted by Gasteiger charge is 2.14. The molecule has 2 aromatic heterocycles. The quantitative estimate of drug-likeness (QED) is 0.726. The summed E-state index contributed by atoms with van der Waals surface area (Å²) < 4.78 is 10.6. The number of hydrogen-bond donors (Lipinski definition) is 2. The Morgan fingerprint density at radius 3 is 2.76 bits per heavy atom. The van der Waals surface area contributed by atoms with E-state index in [0.717, 1.165) is 10.4 Å². The number of carbonyl (C=O) groups excluding carboxylic acids is 1. The molecular weight excluding hydrogens is 342 g/mol. The van der Waals surface area contributed by atoms with E-state index in [2.05, 4.69) is 9.97 Å². The number of fused-ring (bicyclic) bond motifs is 1. The summed E-state index contributed by atoms with van der Waals surface area (Å²) in [5.41, 5.74) is 6.54. The maximum atomic E-state index is 12.4. The van der Waals surface area contributed by atoms with E-state index >= 15 is 0 Å². The van der Waals surface area contributed by atoms with Crippen LogP contribution in [-0.4, -0.2) is 29.6 Å². The van der Waals surface area contributed by atoms with Gasteiger partial charge < -0.3 is 20.2 Å². The van der Waals surface area contributed by atoms with Crippen molar-refractivity contribution in [3.63, 3.8) is 0 Å². The van der Waals surface area contributed by atoms with Gasteiger partial charge >= 0.3 is 0 Å². The second-order valence-corrected chi connectivity index (χ2v) is 6.70. The molecule has 0 aliphatic carbocycles. The number of nitrogens with one attached hydrogen (secondary N) is 1. The second-order valence-electron chi connectivity index (χ2n) is 5.50. The molecule has 0 bridgehead atoms. The van der Waals surface area contributed by atoms with Crippen LogP contribution in [0.2, 0.25) is 0 Å². The van der Waals surface area contributed by atoms with Crippen molar-refractivity contribution < 1.29 is 14.3 Å². The van der Waals surface area contributed by atoms with E-state index in [0.29, 0.717) is 33.1 Å². The summed E-state index contributed by atoms with van der Waals surface area (Å²) in [6.45, 7) is 3.64. The molecule has 0 radical (unpaired) electrons. The summed E-state index contributed by atoms with van der Waals surface area (Å²) in [4.78, 5) is 32.4. The number of aryl methyl sites for hydroxylation is 2. The molecule has 0 atom stereocenters. The fourth-order valence-corrected chi connectivity index (χ4v) is 3.50. The first-order valence-corrected chi connectivity index (χ1v) is 8.32. The first kappa shape index (κ1) is 17.0. The number of primary amides is 1. The van der Waals surface area contributed by atoms with Crippen molar-refractivity contribution in [3.8, 4) is 22.9 Å². The van der Waals surface area contributed by atoms with Gasteiger partial charge in [-0.2, -0.15) is 0 Å². The lowest BCUT2D eigenvalue weighted by Crippen LogP contribution is -2.20. The Balaban J connectivity index is 2.06. The van der Waals surface area contributed by atoms with Crippen molar-refractivity contribution >= 4 is 27.5 Å². The van der Waals surface area contributed by atoms with E-state index in [1.165, 1.54) is 18.4 Å². The van der Waals surface area contributed by atoms with Crippen LogP contribution in [0.4, 0.5) is 0 Å². The van der Waals surface area contributed by atoms with Crippen LogP contribution in [0.5, 0.6) is 11.5 Å². The maximum Gasteiger partial charge on any atom is 0.260 e. The third-order valence-corrected chi connectivity index (χ3v) is 4.95. The standard InChI is InChI=1S/C17H17N3O4S/c1-8-9(2)25-17-14(8)16(22)19-15(20-17)10-4-5-11(12(6-10)23-3)24-7-13(18)21/h4-6H,7H2,1-3H3,(H2,18,21)(H,19,20,22). The molecule has 0 unspecified atom stereocenters. The number of nitrogens with two attached hydrogens (primary N) is 1. The minimum atomic E-state index is -0.578. The second kappa shape index (κ2) is 6.56. The van der Waals surface area contributed by atoms with Gasteiger partial charge in [-0.25, -0.2) is 4.98 Å². The molecule has 3 rings (SSSR count). The predicted molar refractivity (Wildman–Crippen MR) is 96.4 cm³/mol. The highest BCUT2D eigenvalue weighted by atomic mass is 32.1. The number of nitrogens with zero attached hydrogens (tertiary/aromatic N) is 1. The van der Waals surface area contributed by atoms with Gasteiger partial charge in [0.05, 0.1) is 12.5 Å². The average molecular weight is 359 g/mol. The van der Waals surface area contributed by atoms with Gasteiger partial charge in [0.1, 0.15) is 10.7 Å². The van der Waals surface area contributed by atoms with Crippen molar-refractivity contribution in [3.05, 3.63) is 39.0 Å². The van der Waals surface area contributed by atoms with E-state index in [1.807, 2.05) is 13.8 Å². The van der Waals surface area contributed by atoms with Gasteiger partial charge in [0.25, 0.3) is 11.5 Å². The molecule has 0 spiro atoms. The number of ether oxygens (including phenoxy) is 2. The first-order valence-electron chi connectivity index (χ1n) is 7.50. The van der Waals surface area contributed by atoms with Crippen LogP contribution in [0.15, 0.2) is 23.0 Å². The largest absolute Gasteiger partial charge is 0.493 e. The number of rotatable bonds is 5. The van der Waals surface area contributed by atoms with E-state index in [9.17, 15) is 9.59 Å². The molecule has 8 heteroatoms. The zero-order chi connectivity index (χ0) is 18.1. The van der Waals surface area contributed by atoms with Gasteiger partial charge in [-0.15, -0.1) is 11.3 Å². The summed E-state index contributed by atoms with van der Waals surface area (Å²) in [5.74, 6) is 0.667. The molecule has 2 heterocycles. The van der Waals surface area contributed by atoms with Crippen LogP contribution in [0.1, 0.15) is 10.4 Å². The third kappa shape index (κ3) is 3.20. The SMILES string of the molecule is COc1cc(-c2nc3sc(C)c(C)c3c(=O)[nH]2)ccc1OCC(N)=O. The van der Waals surface area contributed by atoms with Gasteiger partial charge in [-0.3, -0.25) is 9.59 Å². The molecule has 1 aromatic carbocycles. The van der Waals surface area contributed by atoms with Crippen LogP contribution < -0.4 is 20.8 Å². The fraction of sp³-hybridized carbons (Fsp3) is 0.235. The molecule has 0 saturated carbocycles. The molecular formula is C17H17N3O4S. The molecule has 0 aliphatic heterocycles. The monoisotopic (exact) mass is 359 g/mol. The summed E-state index contributed by atoms with van der Waals surface area (Å²) in [6, 6.07) is 5.07. The van der Waals surface area contributed by atoms with Gasteiger partial charge in [0, 0.05) is 10.4 Å². The Labute approximate surface area is 147 Å². The molecule has 0 fully saturated rings. The van der Waals surface area contributed by atoms with Gasteiger partial charge in [0.15, 0.2) is 18.1 Å². The summed E-state index contributed by atoms with van der Waals surface area (Å²) >= 11 is 1.49. The number of amides is 1. The molecule has 0 saturated heterocycles. The predicted octanol–water partition coefficient (Wildman–Crippen LogP) is 2.14. The molecule has 3 aromatic rings. The van der Waals surface area contributed by atoms with Gasteiger partial charge in [-0.05, 0) is 37.6 Å². The molecule has 7 nitrogen and oxygen atoms in total. The molecule has 3 N–H and O–H groups in total. The van der Waals surface area contributed by atoms with Crippen molar-refractivity contribution in [1.82, 2.24) is 9.97 Å². The normalized spacial score (nSPS) is 10.8. The summed E-state index contributed by atoms with van der Waals surface area (Å²) in [7, 11) is 1.49. The summed E-state index contributed by atoms with van der Waals surface area (Å²) in [6.07, 6.45) is 0. The molecule has 130 valence electrons. The Bertz CT molecular complexity index is 1020. The fourth-order valence-electron chi connectivity index (χ4n) is 2.47.